The van der Waals surface area contributed by atoms with Gasteiger partial charge in [0, 0.05) is 37.3 Å². The molecule has 2 N–H and O–H groups in total. The van der Waals surface area contributed by atoms with E-state index in [-0.39, 0.29) is 36.6 Å². The van der Waals surface area contributed by atoms with Crippen molar-refractivity contribution in [3.63, 3.8) is 0 Å². The van der Waals surface area contributed by atoms with Crippen molar-refractivity contribution in [3.8, 4) is 0 Å². The molecule has 1 atom stereocenters. The summed E-state index contributed by atoms with van der Waals surface area (Å²) < 4.78 is 39.7. The standard InChI is InChI=1S/C16H24F3N7S.HI/c1-5-20-15(22-8-14-24-13(10-27-14)16(17,18)19)21-7-12(25(2)3)11-6-23-26(4)9-11;/h6,9-10,12H,5,7-8H2,1-4H3,(H2,20,21,22);1H. The van der Waals surface area contributed by atoms with E-state index < -0.39 is 11.9 Å². The molecule has 0 saturated carbocycles. The minimum atomic E-state index is -4.43. The Labute approximate surface area is 183 Å². The van der Waals surface area contributed by atoms with Gasteiger partial charge in [-0.15, -0.1) is 35.3 Å². The van der Waals surface area contributed by atoms with E-state index in [1.54, 1.807) is 4.68 Å². The van der Waals surface area contributed by atoms with Gasteiger partial charge in [0.25, 0.3) is 0 Å². The molecule has 7 nitrogen and oxygen atoms in total. The number of hydrogen-bond acceptors (Lipinski definition) is 5. The van der Waals surface area contributed by atoms with Crippen molar-refractivity contribution in [1.29, 1.82) is 0 Å². The molecule has 158 valence electrons. The fourth-order valence-corrected chi connectivity index (χ4v) is 3.13. The molecule has 0 bridgehead atoms. The number of alkyl halides is 3. The minimum Gasteiger partial charge on any atom is -0.357 e. The summed E-state index contributed by atoms with van der Waals surface area (Å²) in [5, 5.41) is 11.9. The summed E-state index contributed by atoms with van der Waals surface area (Å²) in [7, 11) is 5.80. The molecule has 2 rings (SSSR count). The maximum Gasteiger partial charge on any atom is 0.434 e. The van der Waals surface area contributed by atoms with Gasteiger partial charge in [-0.2, -0.15) is 18.3 Å². The van der Waals surface area contributed by atoms with Crippen molar-refractivity contribution in [1.82, 2.24) is 30.3 Å². The van der Waals surface area contributed by atoms with Crippen LogP contribution in [0.3, 0.4) is 0 Å². The Kier molecular flexibility index (Phi) is 9.63. The third kappa shape index (κ3) is 7.20. The number of halogens is 4. The van der Waals surface area contributed by atoms with Crippen LogP contribution in [-0.2, 0) is 19.8 Å². The lowest BCUT2D eigenvalue weighted by molar-refractivity contribution is -0.140. The average molecular weight is 531 g/mol. The van der Waals surface area contributed by atoms with Gasteiger partial charge in [-0.1, -0.05) is 0 Å². The van der Waals surface area contributed by atoms with Gasteiger partial charge in [0.15, 0.2) is 11.7 Å². The van der Waals surface area contributed by atoms with Crippen LogP contribution in [0.1, 0.15) is 29.2 Å². The predicted octanol–water partition coefficient (Wildman–Crippen LogP) is 2.87. The summed E-state index contributed by atoms with van der Waals surface area (Å²) in [5.74, 6) is 0.525. The number of nitrogens with zero attached hydrogens (tertiary/aromatic N) is 5. The summed E-state index contributed by atoms with van der Waals surface area (Å²) in [6, 6.07) is 0.0688. The number of aliphatic imine (C=N–C) groups is 1. The fraction of sp³-hybridized carbons (Fsp3) is 0.562. The second kappa shape index (κ2) is 11.0. The van der Waals surface area contributed by atoms with Gasteiger partial charge in [-0.05, 0) is 21.0 Å². The van der Waals surface area contributed by atoms with Crippen LogP contribution in [-0.4, -0.2) is 52.8 Å². The van der Waals surface area contributed by atoms with Crippen LogP contribution in [0.4, 0.5) is 13.2 Å². The monoisotopic (exact) mass is 531 g/mol. The maximum atomic E-state index is 12.6. The maximum absolute atomic E-state index is 12.6. The van der Waals surface area contributed by atoms with Crippen molar-refractivity contribution < 1.29 is 13.2 Å². The number of nitrogens with one attached hydrogen (secondary N) is 2. The summed E-state index contributed by atoms with van der Waals surface area (Å²) >= 11 is 0.952. The SMILES string of the molecule is CCNC(=NCc1nc(C(F)(F)F)cs1)NCC(c1cnn(C)c1)N(C)C.I. The summed E-state index contributed by atoms with van der Waals surface area (Å²) in [5.41, 5.74) is 0.181. The summed E-state index contributed by atoms with van der Waals surface area (Å²) in [6.07, 6.45) is -0.668. The van der Waals surface area contributed by atoms with Gasteiger partial charge in [-0.25, -0.2) is 9.98 Å². The van der Waals surface area contributed by atoms with E-state index in [9.17, 15) is 13.2 Å². The first-order valence-electron chi connectivity index (χ1n) is 8.39. The minimum absolute atomic E-state index is 0. The highest BCUT2D eigenvalue weighted by Crippen LogP contribution is 2.30. The second-order valence-electron chi connectivity index (χ2n) is 6.13. The molecule has 0 amide bonds. The smallest absolute Gasteiger partial charge is 0.357 e. The van der Waals surface area contributed by atoms with E-state index in [4.69, 9.17) is 0 Å². The number of aryl methyl sites for hydroxylation is 1. The molecular formula is C16H25F3IN7S. The molecule has 0 aliphatic rings. The quantitative estimate of drug-likeness (QED) is 0.327. The molecule has 0 fully saturated rings. The van der Waals surface area contributed by atoms with Crippen LogP contribution >= 0.6 is 35.3 Å². The van der Waals surface area contributed by atoms with Crippen LogP contribution in [0.2, 0.25) is 0 Å². The van der Waals surface area contributed by atoms with E-state index in [0.29, 0.717) is 24.1 Å². The van der Waals surface area contributed by atoms with E-state index in [1.807, 2.05) is 40.5 Å². The number of hydrogen-bond donors (Lipinski definition) is 2. The Hall–Kier alpha value is -1.41. The van der Waals surface area contributed by atoms with Gasteiger partial charge in [-0.3, -0.25) is 4.68 Å². The Balaban J connectivity index is 0.00000392. The van der Waals surface area contributed by atoms with Crippen molar-refractivity contribution >= 4 is 41.3 Å². The molecule has 0 spiro atoms. The highest BCUT2D eigenvalue weighted by atomic mass is 127. The third-order valence-electron chi connectivity index (χ3n) is 3.75. The van der Waals surface area contributed by atoms with Crippen LogP contribution in [0, 0.1) is 0 Å². The van der Waals surface area contributed by atoms with Gasteiger partial charge in [0.05, 0.1) is 18.8 Å². The van der Waals surface area contributed by atoms with E-state index >= 15 is 0 Å². The first-order chi connectivity index (χ1) is 12.7. The Morgan fingerprint density at radius 2 is 2.07 bits per heavy atom. The molecule has 28 heavy (non-hydrogen) atoms. The van der Waals surface area contributed by atoms with E-state index in [2.05, 4.69) is 30.6 Å². The number of rotatable bonds is 7. The molecule has 0 aromatic carbocycles. The molecule has 0 radical (unpaired) electrons. The lowest BCUT2D eigenvalue weighted by atomic mass is 10.1. The zero-order valence-electron chi connectivity index (χ0n) is 16.1. The highest BCUT2D eigenvalue weighted by Gasteiger charge is 2.33. The first kappa shape index (κ1) is 24.6. The fourth-order valence-electron chi connectivity index (χ4n) is 2.41. The van der Waals surface area contributed by atoms with Gasteiger partial charge in [0.2, 0.25) is 0 Å². The average Bonchev–Trinajstić information content (AvgIpc) is 3.21. The molecule has 2 aromatic heterocycles. The van der Waals surface area contributed by atoms with E-state index in [1.165, 1.54) is 0 Å². The molecule has 12 heteroatoms. The van der Waals surface area contributed by atoms with Crippen LogP contribution < -0.4 is 10.6 Å². The van der Waals surface area contributed by atoms with Crippen LogP contribution in [0.15, 0.2) is 22.8 Å². The molecule has 1 unspecified atom stereocenters. The van der Waals surface area contributed by atoms with Crippen LogP contribution in [0.25, 0.3) is 0 Å². The Morgan fingerprint density at radius 3 is 2.57 bits per heavy atom. The summed E-state index contributed by atoms with van der Waals surface area (Å²) in [4.78, 5) is 10.0. The normalized spacial score (nSPS) is 13.4. The lowest BCUT2D eigenvalue weighted by Gasteiger charge is -2.24. The Morgan fingerprint density at radius 1 is 1.36 bits per heavy atom. The van der Waals surface area contributed by atoms with Crippen LogP contribution in [0.5, 0.6) is 0 Å². The Bertz CT molecular complexity index is 758. The van der Waals surface area contributed by atoms with Gasteiger partial charge >= 0.3 is 6.18 Å². The largest absolute Gasteiger partial charge is 0.434 e. The topological polar surface area (TPSA) is 70.4 Å². The lowest BCUT2D eigenvalue weighted by Crippen LogP contribution is -2.41. The molecule has 0 aliphatic carbocycles. The van der Waals surface area contributed by atoms with Crippen molar-refractivity contribution in [3.05, 3.63) is 34.0 Å². The van der Waals surface area contributed by atoms with Crippen molar-refractivity contribution in [2.75, 3.05) is 27.2 Å². The zero-order chi connectivity index (χ0) is 20.0. The zero-order valence-corrected chi connectivity index (χ0v) is 19.3. The third-order valence-corrected chi connectivity index (χ3v) is 4.59. The molecular weight excluding hydrogens is 506 g/mol. The number of guanidine groups is 1. The number of aromatic nitrogens is 3. The number of thiazole rings is 1. The molecule has 2 aromatic rings. The predicted molar refractivity (Wildman–Crippen MR) is 115 cm³/mol. The molecule has 0 saturated heterocycles. The molecule has 0 aliphatic heterocycles. The summed E-state index contributed by atoms with van der Waals surface area (Å²) in [6.45, 7) is 3.20. The highest BCUT2D eigenvalue weighted by molar-refractivity contribution is 14.0. The first-order valence-corrected chi connectivity index (χ1v) is 9.27. The van der Waals surface area contributed by atoms with Gasteiger partial charge < -0.3 is 15.5 Å². The second-order valence-corrected chi connectivity index (χ2v) is 7.07. The van der Waals surface area contributed by atoms with Gasteiger partial charge in [0.1, 0.15) is 5.01 Å². The van der Waals surface area contributed by atoms with Crippen molar-refractivity contribution in [2.45, 2.75) is 25.7 Å². The van der Waals surface area contributed by atoms with E-state index in [0.717, 1.165) is 22.3 Å². The van der Waals surface area contributed by atoms with Crippen molar-refractivity contribution in [2.24, 2.45) is 12.0 Å². The number of likely N-dealkylation sites (N-methyl/N-ethyl adjacent to an activating group) is 1. The molecule has 2 heterocycles.